The number of hydrogen-bond acceptors (Lipinski definition) is 3. The SMILES string of the molecule is CCCCN(C)C(=O)C1CCC(C#N)(NC)CC1. The Bertz CT molecular complexity index is 313. The maximum Gasteiger partial charge on any atom is 0.225 e. The van der Waals surface area contributed by atoms with Gasteiger partial charge in [-0.1, -0.05) is 13.3 Å². The van der Waals surface area contributed by atoms with E-state index in [0.29, 0.717) is 0 Å². The third kappa shape index (κ3) is 3.46. The second-order valence-corrected chi connectivity index (χ2v) is 5.33. The lowest BCUT2D eigenvalue weighted by Crippen LogP contribution is -2.47. The normalized spacial score (nSPS) is 27.6. The Morgan fingerprint density at radius 2 is 2.11 bits per heavy atom. The van der Waals surface area contributed by atoms with Crippen LogP contribution in [0.4, 0.5) is 0 Å². The number of carbonyl (C=O) groups is 1. The van der Waals surface area contributed by atoms with E-state index in [-0.39, 0.29) is 11.8 Å². The highest BCUT2D eigenvalue weighted by Crippen LogP contribution is 2.32. The molecule has 0 spiro atoms. The average Bonchev–Trinajstić information content (AvgIpc) is 2.44. The van der Waals surface area contributed by atoms with Gasteiger partial charge in [-0.15, -0.1) is 0 Å². The van der Waals surface area contributed by atoms with E-state index < -0.39 is 5.54 Å². The maximum absolute atomic E-state index is 12.2. The van der Waals surface area contributed by atoms with Crippen LogP contribution in [0, 0.1) is 17.2 Å². The summed E-state index contributed by atoms with van der Waals surface area (Å²) in [5, 5.41) is 12.3. The Balaban J connectivity index is 2.48. The summed E-state index contributed by atoms with van der Waals surface area (Å²) in [5.41, 5.74) is -0.404. The van der Waals surface area contributed by atoms with Gasteiger partial charge in [-0.05, 0) is 39.2 Å². The van der Waals surface area contributed by atoms with E-state index in [9.17, 15) is 10.1 Å². The number of amides is 1. The van der Waals surface area contributed by atoms with Gasteiger partial charge in [0.25, 0.3) is 0 Å². The topological polar surface area (TPSA) is 56.1 Å². The van der Waals surface area contributed by atoms with E-state index in [2.05, 4.69) is 18.3 Å². The molecule has 4 heteroatoms. The lowest BCUT2D eigenvalue weighted by molar-refractivity contribution is -0.135. The lowest BCUT2D eigenvalue weighted by Gasteiger charge is -2.35. The van der Waals surface area contributed by atoms with E-state index in [0.717, 1.165) is 45.1 Å². The second-order valence-electron chi connectivity index (χ2n) is 5.33. The van der Waals surface area contributed by atoms with E-state index >= 15 is 0 Å². The molecule has 0 heterocycles. The van der Waals surface area contributed by atoms with Crippen LogP contribution < -0.4 is 5.32 Å². The molecule has 1 aliphatic carbocycles. The highest BCUT2D eigenvalue weighted by molar-refractivity contribution is 5.78. The number of nitrogens with zero attached hydrogens (tertiary/aromatic N) is 2. The van der Waals surface area contributed by atoms with Crippen molar-refractivity contribution < 1.29 is 4.79 Å². The number of nitriles is 1. The summed E-state index contributed by atoms with van der Waals surface area (Å²) in [6, 6.07) is 2.35. The van der Waals surface area contributed by atoms with E-state index in [1.807, 2.05) is 19.0 Å². The van der Waals surface area contributed by atoms with Crippen LogP contribution in [0.5, 0.6) is 0 Å². The number of nitrogens with one attached hydrogen (secondary N) is 1. The van der Waals surface area contributed by atoms with Crippen LogP contribution in [-0.2, 0) is 4.79 Å². The van der Waals surface area contributed by atoms with Crippen molar-refractivity contribution in [3.05, 3.63) is 0 Å². The van der Waals surface area contributed by atoms with Crippen molar-refractivity contribution in [3.8, 4) is 6.07 Å². The fraction of sp³-hybridized carbons (Fsp3) is 0.857. The van der Waals surface area contributed by atoms with Crippen molar-refractivity contribution in [2.24, 2.45) is 5.92 Å². The fourth-order valence-corrected chi connectivity index (χ4v) is 2.59. The summed E-state index contributed by atoms with van der Waals surface area (Å²) in [7, 11) is 3.72. The Kier molecular flexibility index (Phi) is 5.61. The Labute approximate surface area is 110 Å². The minimum atomic E-state index is -0.404. The zero-order valence-electron chi connectivity index (χ0n) is 11.8. The summed E-state index contributed by atoms with van der Waals surface area (Å²) in [6.07, 6.45) is 5.37. The van der Waals surface area contributed by atoms with Gasteiger partial charge in [0.2, 0.25) is 5.91 Å². The van der Waals surface area contributed by atoms with Gasteiger partial charge in [-0.25, -0.2) is 0 Å². The molecule has 0 aromatic carbocycles. The van der Waals surface area contributed by atoms with Crippen LogP contribution in [0.25, 0.3) is 0 Å². The third-order valence-electron chi connectivity index (χ3n) is 4.10. The molecule has 1 rings (SSSR count). The molecule has 1 fully saturated rings. The van der Waals surface area contributed by atoms with Crippen LogP contribution in [0.1, 0.15) is 45.4 Å². The van der Waals surface area contributed by atoms with Gasteiger partial charge >= 0.3 is 0 Å². The first-order valence-corrected chi connectivity index (χ1v) is 6.93. The van der Waals surface area contributed by atoms with Crippen molar-refractivity contribution in [1.82, 2.24) is 10.2 Å². The highest BCUT2D eigenvalue weighted by atomic mass is 16.2. The van der Waals surface area contributed by atoms with E-state index in [4.69, 9.17) is 0 Å². The molecule has 1 N–H and O–H groups in total. The quantitative estimate of drug-likeness (QED) is 0.812. The molecule has 102 valence electrons. The molecule has 0 saturated heterocycles. The minimum absolute atomic E-state index is 0.113. The standard InChI is InChI=1S/C14H25N3O/c1-4-5-10-17(3)13(18)12-6-8-14(11-15,16-2)9-7-12/h12,16H,4-10H2,1-3H3. The van der Waals surface area contributed by atoms with E-state index in [1.165, 1.54) is 0 Å². The summed E-state index contributed by atoms with van der Waals surface area (Å²) in [6.45, 7) is 2.98. The molecule has 4 nitrogen and oxygen atoms in total. The molecule has 0 aromatic heterocycles. The highest BCUT2D eigenvalue weighted by Gasteiger charge is 2.37. The second kappa shape index (κ2) is 6.75. The van der Waals surface area contributed by atoms with Crippen molar-refractivity contribution in [2.45, 2.75) is 51.0 Å². The minimum Gasteiger partial charge on any atom is -0.346 e. The Morgan fingerprint density at radius 1 is 1.50 bits per heavy atom. The smallest absolute Gasteiger partial charge is 0.225 e. The number of unbranched alkanes of at least 4 members (excludes halogenated alkanes) is 1. The fourth-order valence-electron chi connectivity index (χ4n) is 2.59. The van der Waals surface area contributed by atoms with Gasteiger partial charge in [0.15, 0.2) is 0 Å². The molecule has 0 atom stereocenters. The first-order chi connectivity index (χ1) is 8.58. The van der Waals surface area contributed by atoms with Gasteiger partial charge in [-0.2, -0.15) is 5.26 Å². The predicted molar refractivity (Wildman–Crippen MR) is 71.9 cm³/mol. The monoisotopic (exact) mass is 251 g/mol. The Hall–Kier alpha value is -1.08. The van der Waals surface area contributed by atoms with Crippen LogP contribution in [0.3, 0.4) is 0 Å². The van der Waals surface area contributed by atoms with Gasteiger partial charge in [-0.3, -0.25) is 4.79 Å². The molecular formula is C14H25N3O. The van der Waals surface area contributed by atoms with Crippen molar-refractivity contribution in [2.75, 3.05) is 20.6 Å². The molecule has 0 aliphatic heterocycles. The summed E-state index contributed by atoms with van der Waals surface area (Å²) < 4.78 is 0. The maximum atomic E-state index is 12.2. The van der Waals surface area contributed by atoms with Crippen molar-refractivity contribution >= 4 is 5.91 Å². The molecule has 0 unspecified atom stereocenters. The summed E-state index contributed by atoms with van der Waals surface area (Å²) in [5.74, 6) is 0.368. The number of carbonyl (C=O) groups excluding carboxylic acids is 1. The zero-order valence-corrected chi connectivity index (χ0v) is 11.8. The molecule has 0 radical (unpaired) electrons. The van der Waals surface area contributed by atoms with Crippen LogP contribution in [0.2, 0.25) is 0 Å². The number of rotatable bonds is 5. The largest absolute Gasteiger partial charge is 0.346 e. The Morgan fingerprint density at radius 3 is 2.56 bits per heavy atom. The van der Waals surface area contributed by atoms with Crippen LogP contribution in [0.15, 0.2) is 0 Å². The first kappa shape index (κ1) is 15.0. The zero-order chi connectivity index (χ0) is 13.6. The first-order valence-electron chi connectivity index (χ1n) is 6.93. The lowest BCUT2D eigenvalue weighted by atomic mass is 9.77. The summed E-state index contributed by atoms with van der Waals surface area (Å²) >= 11 is 0. The van der Waals surface area contributed by atoms with Crippen LogP contribution in [-0.4, -0.2) is 37.0 Å². The third-order valence-corrected chi connectivity index (χ3v) is 4.10. The molecule has 18 heavy (non-hydrogen) atoms. The summed E-state index contributed by atoms with van der Waals surface area (Å²) in [4.78, 5) is 14.1. The van der Waals surface area contributed by atoms with Gasteiger partial charge in [0.1, 0.15) is 5.54 Å². The van der Waals surface area contributed by atoms with Crippen molar-refractivity contribution in [3.63, 3.8) is 0 Å². The number of hydrogen-bond donors (Lipinski definition) is 1. The van der Waals surface area contributed by atoms with Gasteiger partial charge in [0, 0.05) is 19.5 Å². The average molecular weight is 251 g/mol. The molecule has 0 bridgehead atoms. The predicted octanol–water partition coefficient (Wildman–Crippen LogP) is 1.92. The molecule has 1 saturated carbocycles. The van der Waals surface area contributed by atoms with E-state index in [1.54, 1.807) is 0 Å². The van der Waals surface area contributed by atoms with Gasteiger partial charge in [0.05, 0.1) is 6.07 Å². The van der Waals surface area contributed by atoms with Gasteiger partial charge < -0.3 is 10.2 Å². The molecule has 1 amide bonds. The molecule has 1 aliphatic rings. The molecular weight excluding hydrogens is 226 g/mol. The van der Waals surface area contributed by atoms with Crippen molar-refractivity contribution in [1.29, 1.82) is 5.26 Å². The molecule has 0 aromatic rings. The van der Waals surface area contributed by atoms with Crippen LogP contribution >= 0.6 is 0 Å².